The van der Waals surface area contributed by atoms with Crippen LogP contribution >= 0.6 is 11.6 Å². The van der Waals surface area contributed by atoms with Gasteiger partial charge in [-0.15, -0.1) is 0 Å². The second-order valence-corrected chi connectivity index (χ2v) is 4.06. The number of benzene rings is 1. The molecule has 0 aliphatic rings. The van der Waals surface area contributed by atoms with Crippen molar-refractivity contribution in [1.82, 2.24) is 4.98 Å². The molecule has 0 radical (unpaired) electrons. The van der Waals surface area contributed by atoms with Crippen LogP contribution in [0.3, 0.4) is 0 Å². The molecule has 1 aromatic carbocycles. The number of nitrogens with two attached hydrogens (primary N) is 1. The minimum atomic E-state index is 0.377. The number of anilines is 1. The summed E-state index contributed by atoms with van der Waals surface area (Å²) < 4.78 is 10.7. The molecule has 4 nitrogen and oxygen atoms in total. The molecule has 0 atom stereocenters. The summed E-state index contributed by atoms with van der Waals surface area (Å²) in [5.41, 5.74) is 7.32. The second-order valence-electron chi connectivity index (χ2n) is 3.62. The number of nitrogen functional groups attached to an aromatic ring is 1. The van der Waals surface area contributed by atoms with Crippen molar-refractivity contribution in [3.8, 4) is 22.6 Å². The standard InChI is InChI=1S/C13H13ClN2O2/c1-17-10-4-3-5-11(18-2)12(10)9-6-8(14)7-16-13(9)15/h3-7H,1-2H3,(H2,15,16). The van der Waals surface area contributed by atoms with Gasteiger partial charge in [0.25, 0.3) is 0 Å². The molecule has 0 amide bonds. The summed E-state index contributed by atoms with van der Waals surface area (Å²) in [6.07, 6.45) is 1.50. The first-order chi connectivity index (χ1) is 8.67. The van der Waals surface area contributed by atoms with Gasteiger partial charge in [-0.25, -0.2) is 4.98 Å². The normalized spacial score (nSPS) is 10.2. The molecule has 1 heterocycles. The molecule has 5 heteroatoms. The highest BCUT2D eigenvalue weighted by Crippen LogP contribution is 2.40. The van der Waals surface area contributed by atoms with E-state index in [1.165, 1.54) is 6.20 Å². The number of nitrogens with zero attached hydrogens (tertiary/aromatic N) is 1. The van der Waals surface area contributed by atoms with Crippen LogP contribution in [0.25, 0.3) is 11.1 Å². The van der Waals surface area contributed by atoms with Crippen molar-refractivity contribution in [2.24, 2.45) is 0 Å². The fourth-order valence-electron chi connectivity index (χ4n) is 1.77. The number of halogens is 1. The zero-order chi connectivity index (χ0) is 13.1. The van der Waals surface area contributed by atoms with Crippen molar-refractivity contribution in [3.63, 3.8) is 0 Å². The van der Waals surface area contributed by atoms with E-state index in [0.29, 0.717) is 27.9 Å². The topological polar surface area (TPSA) is 57.4 Å². The smallest absolute Gasteiger partial charge is 0.131 e. The lowest BCUT2D eigenvalue weighted by atomic mass is 10.0. The average Bonchev–Trinajstić information content (AvgIpc) is 2.40. The van der Waals surface area contributed by atoms with E-state index in [9.17, 15) is 0 Å². The molecular formula is C13H13ClN2O2. The summed E-state index contributed by atoms with van der Waals surface area (Å²) in [6.45, 7) is 0. The van der Waals surface area contributed by atoms with Gasteiger partial charge >= 0.3 is 0 Å². The molecule has 0 fully saturated rings. The summed E-state index contributed by atoms with van der Waals surface area (Å²) in [4.78, 5) is 4.04. The van der Waals surface area contributed by atoms with Gasteiger partial charge in [0.2, 0.25) is 0 Å². The molecule has 2 N–H and O–H groups in total. The summed E-state index contributed by atoms with van der Waals surface area (Å²) in [7, 11) is 3.18. The molecule has 0 bridgehead atoms. The molecule has 0 aliphatic heterocycles. The predicted molar refractivity (Wildman–Crippen MR) is 72.2 cm³/mol. The van der Waals surface area contributed by atoms with Crippen LogP contribution in [-0.2, 0) is 0 Å². The number of rotatable bonds is 3. The van der Waals surface area contributed by atoms with Gasteiger partial charge in [0.05, 0.1) is 24.8 Å². The Kier molecular flexibility index (Phi) is 3.58. The van der Waals surface area contributed by atoms with Gasteiger partial charge in [0.1, 0.15) is 17.3 Å². The summed E-state index contributed by atoms with van der Waals surface area (Å²) in [5.74, 6) is 1.69. The minimum absolute atomic E-state index is 0.377. The Morgan fingerprint density at radius 1 is 1.17 bits per heavy atom. The van der Waals surface area contributed by atoms with Crippen molar-refractivity contribution >= 4 is 17.4 Å². The Hall–Kier alpha value is -1.94. The van der Waals surface area contributed by atoms with Crippen LogP contribution in [-0.4, -0.2) is 19.2 Å². The number of methoxy groups -OCH3 is 2. The van der Waals surface area contributed by atoms with Gasteiger partial charge in [-0.3, -0.25) is 0 Å². The Bertz CT molecular complexity index is 551. The van der Waals surface area contributed by atoms with Gasteiger partial charge in [0.15, 0.2) is 0 Å². The molecule has 0 spiro atoms. The maximum absolute atomic E-state index is 5.96. The van der Waals surface area contributed by atoms with Crippen LogP contribution in [0, 0.1) is 0 Å². The van der Waals surface area contributed by atoms with E-state index < -0.39 is 0 Å². The van der Waals surface area contributed by atoms with Crippen LogP contribution in [0.4, 0.5) is 5.82 Å². The van der Waals surface area contributed by atoms with E-state index in [-0.39, 0.29) is 0 Å². The van der Waals surface area contributed by atoms with Crippen LogP contribution in [0.15, 0.2) is 30.5 Å². The number of hydrogen-bond acceptors (Lipinski definition) is 4. The molecule has 94 valence electrons. The molecule has 18 heavy (non-hydrogen) atoms. The molecule has 0 saturated carbocycles. The number of aromatic nitrogens is 1. The van der Waals surface area contributed by atoms with E-state index in [4.69, 9.17) is 26.8 Å². The van der Waals surface area contributed by atoms with E-state index >= 15 is 0 Å². The summed E-state index contributed by atoms with van der Waals surface area (Å²) in [6, 6.07) is 7.25. The van der Waals surface area contributed by atoms with Crippen LogP contribution in [0.2, 0.25) is 5.02 Å². The highest BCUT2D eigenvalue weighted by molar-refractivity contribution is 6.30. The van der Waals surface area contributed by atoms with Crippen molar-refractivity contribution in [1.29, 1.82) is 0 Å². The van der Waals surface area contributed by atoms with Crippen LogP contribution in [0.1, 0.15) is 0 Å². The third-order valence-corrected chi connectivity index (χ3v) is 2.79. The first kappa shape index (κ1) is 12.5. The van der Waals surface area contributed by atoms with E-state index in [1.807, 2.05) is 18.2 Å². The number of pyridine rings is 1. The fraction of sp³-hybridized carbons (Fsp3) is 0.154. The number of ether oxygens (including phenoxy) is 2. The van der Waals surface area contributed by atoms with Crippen molar-refractivity contribution < 1.29 is 9.47 Å². The minimum Gasteiger partial charge on any atom is -0.496 e. The summed E-state index contributed by atoms with van der Waals surface area (Å²) >= 11 is 5.96. The molecule has 0 saturated heterocycles. The van der Waals surface area contributed by atoms with Crippen LogP contribution < -0.4 is 15.2 Å². The SMILES string of the molecule is COc1cccc(OC)c1-c1cc(Cl)cnc1N. The molecule has 2 aromatic rings. The Labute approximate surface area is 110 Å². The van der Waals surface area contributed by atoms with Crippen molar-refractivity contribution in [3.05, 3.63) is 35.5 Å². The lowest BCUT2D eigenvalue weighted by Gasteiger charge is -2.14. The maximum Gasteiger partial charge on any atom is 0.131 e. The van der Waals surface area contributed by atoms with Gasteiger partial charge in [-0.2, -0.15) is 0 Å². The molecule has 0 unspecified atom stereocenters. The van der Waals surface area contributed by atoms with Gasteiger partial charge in [-0.1, -0.05) is 17.7 Å². The highest BCUT2D eigenvalue weighted by Gasteiger charge is 2.15. The van der Waals surface area contributed by atoms with E-state index in [2.05, 4.69) is 4.98 Å². The van der Waals surface area contributed by atoms with Gasteiger partial charge in [-0.05, 0) is 18.2 Å². The van der Waals surface area contributed by atoms with E-state index in [1.54, 1.807) is 20.3 Å². The van der Waals surface area contributed by atoms with Crippen LogP contribution in [0.5, 0.6) is 11.5 Å². The Balaban J connectivity index is 2.72. The van der Waals surface area contributed by atoms with Crippen molar-refractivity contribution in [2.45, 2.75) is 0 Å². The second kappa shape index (κ2) is 5.14. The third kappa shape index (κ3) is 2.19. The molecule has 2 rings (SSSR count). The molecule has 1 aromatic heterocycles. The number of hydrogen-bond donors (Lipinski definition) is 1. The lowest BCUT2D eigenvalue weighted by molar-refractivity contribution is 0.397. The first-order valence-corrected chi connectivity index (χ1v) is 5.67. The zero-order valence-electron chi connectivity index (χ0n) is 10.1. The molecular weight excluding hydrogens is 252 g/mol. The monoisotopic (exact) mass is 264 g/mol. The van der Waals surface area contributed by atoms with Gasteiger partial charge in [0, 0.05) is 11.8 Å². The summed E-state index contributed by atoms with van der Waals surface area (Å²) in [5, 5.41) is 0.507. The quantitative estimate of drug-likeness (QED) is 0.926. The Morgan fingerprint density at radius 3 is 2.33 bits per heavy atom. The van der Waals surface area contributed by atoms with Crippen molar-refractivity contribution in [2.75, 3.05) is 20.0 Å². The fourth-order valence-corrected chi connectivity index (χ4v) is 1.92. The van der Waals surface area contributed by atoms with E-state index in [0.717, 1.165) is 5.56 Å². The molecule has 0 aliphatic carbocycles. The lowest BCUT2D eigenvalue weighted by Crippen LogP contribution is -1.98. The average molecular weight is 265 g/mol. The predicted octanol–water partition coefficient (Wildman–Crippen LogP) is 3.00. The largest absolute Gasteiger partial charge is 0.496 e. The first-order valence-electron chi connectivity index (χ1n) is 5.29. The Morgan fingerprint density at radius 2 is 1.78 bits per heavy atom. The van der Waals surface area contributed by atoms with Gasteiger partial charge < -0.3 is 15.2 Å². The zero-order valence-corrected chi connectivity index (χ0v) is 10.9. The maximum atomic E-state index is 5.96. The highest BCUT2D eigenvalue weighted by atomic mass is 35.5. The third-order valence-electron chi connectivity index (χ3n) is 2.58.